The lowest BCUT2D eigenvalue weighted by atomic mass is 10.2. The highest BCUT2D eigenvalue weighted by molar-refractivity contribution is 5.80. The van der Waals surface area contributed by atoms with Crippen LogP contribution in [0.4, 0.5) is 13.2 Å². The SMILES string of the molecule is NC(OC(=O)C(F)(F)F)c1cc(Oc2ccc3[nH]ccc3c2)ncn1. The molecule has 10 heteroatoms. The summed E-state index contributed by atoms with van der Waals surface area (Å²) >= 11 is 0. The van der Waals surface area contributed by atoms with Crippen molar-refractivity contribution in [2.45, 2.75) is 12.4 Å². The van der Waals surface area contributed by atoms with E-state index in [4.69, 9.17) is 10.5 Å². The molecule has 2 aromatic heterocycles. The van der Waals surface area contributed by atoms with Crippen LogP contribution in [-0.4, -0.2) is 27.1 Å². The van der Waals surface area contributed by atoms with Crippen molar-refractivity contribution in [2.75, 3.05) is 0 Å². The number of fused-ring (bicyclic) bond motifs is 1. The fourth-order valence-electron chi connectivity index (χ4n) is 2.02. The average Bonchev–Trinajstić information content (AvgIpc) is 3.02. The van der Waals surface area contributed by atoms with Gasteiger partial charge in [-0.05, 0) is 24.3 Å². The Morgan fingerprint density at radius 1 is 1.20 bits per heavy atom. The number of nitrogens with zero attached hydrogens (tertiary/aromatic N) is 2. The molecular weight excluding hydrogens is 341 g/mol. The molecule has 130 valence electrons. The Labute approximate surface area is 138 Å². The molecule has 0 bridgehead atoms. The van der Waals surface area contributed by atoms with Crippen molar-refractivity contribution in [3.63, 3.8) is 0 Å². The first-order valence-corrected chi connectivity index (χ1v) is 6.93. The molecule has 0 radical (unpaired) electrons. The van der Waals surface area contributed by atoms with Gasteiger partial charge in [-0.2, -0.15) is 13.2 Å². The van der Waals surface area contributed by atoms with Gasteiger partial charge in [-0.25, -0.2) is 14.8 Å². The molecule has 3 aromatic rings. The number of carbonyl (C=O) groups excluding carboxylic acids is 1. The summed E-state index contributed by atoms with van der Waals surface area (Å²) in [7, 11) is 0. The monoisotopic (exact) mass is 352 g/mol. The Morgan fingerprint density at radius 2 is 2.00 bits per heavy atom. The molecule has 0 amide bonds. The number of esters is 1. The van der Waals surface area contributed by atoms with Crippen LogP contribution in [0.5, 0.6) is 11.6 Å². The second-order valence-electron chi connectivity index (χ2n) is 4.93. The zero-order chi connectivity index (χ0) is 18.0. The highest BCUT2D eigenvalue weighted by Gasteiger charge is 2.42. The van der Waals surface area contributed by atoms with Crippen molar-refractivity contribution < 1.29 is 27.4 Å². The third kappa shape index (κ3) is 3.86. The summed E-state index contributed by atoms with van der Waals surface area (Å²) in [5.41, 5.74) is 6.20. The number of nitrogens with two attached hydrogens (primary N) is 1. The summed E-state index contributed by atoms with van der Waals surface area (Å²) in [6.07, 6.45) is -4.03. The van der Waals surface area contributed by atoms with E-state index in [2.05, 4.69) is 19.7 Å². The third-order valence-electron chi connectivity index (χ3n) is 3.17. The number of hydrogen-bond acceptors (Lipinski definition) is 6. The number of halogens is 3. The van der Waals surface area contributed by atoms with Crippen LogP contribution in [0.25, 0.3) is 10.9 Å². The number of aromatic amines is 1. The van der Waals surface area contributed by atoms with E-state index in [1.807, 2.05) is 6.07 Å². The quantitative estimate of drug-likeness (QED) is 0.553. The van der Waals surface area contributed by atoms with E-state index in [0.717, 1.165) is 17.2 Å². The molecule has 25 heavy (non-hydrogen) atoms. The van der Waals surface area contributed by atoms with Crippen LogP contribution in [-0.2, 0) is 9.53 Å². The van der Waals surface area contributed by atoms with E-state index in [1.165, 1.54) is 6.07 Å². The number of ether oxygens (including phenoxy) is 2. The Morgan fingerprint density at radius 3 is 2.76 bits per heavy atom. The van der Waals surface area contributed by atoms with Gasteiger partial charge in [0.25, 0.3) is 0 Å². The molecule has 0 saturated heterocycles. The Hall–Kier alpha value is -3.14. The number of nitrogens with one attached hydrogen (secondary N) is 1. The van der Waals surface area contributed by atoms with Gasteiger partial charge in [-0.15, -0.1) is 0 Å². The molecule has 0 aliphatic heterocycles. The van der Waals surface area contributed by atoms with Crippen molar-refractivity contribution in [3.8, 4) is 11.6 Å². The molecule has 7 nitrogen and oxygen atoms in total. The number of carbonyl (C=O) groups is 1. The fourth-order valence-corrected chi connectivity index (χ4v) is 2.02. The maximum absolute atomic E-state index is 12.2. The largest absolute Gasteiger partial charge is 0.490 e. The summed E-state index contributed by atoms with van der Waals surface area (Å²) in [5, 5.41) is 0.905. The van der Waals surface area contributed by atoms with Gasteiger partial charge >= 0.3 is 12.1 Å². The maximum Gasteiger partial charge on any atom is 0.490 e. The van der Waals surface area contributed by atoms with E-state index in [-0.39, 0.29) is 11.6 Å². The number of H-pyrrole nitrogens is 1. The normalized spacial score (nSPS) is 12.8. The van der Waals surface area contributed by atoms with Gasteiger partial charge in [0.05, 0.1) is 0 Å². The van der Waals surface area contributed by atoms with Crippen LogP contribution in [0.3, 0.4) is 0 Å². The van der Waals surface area contributed by atoms with E-state index < -0.39 is 18.4 Å². The van der Waals surface area contributed by atoms with Crippen molar-refractivity contribution in [3.05, 3.63) is 48.5 Å². The van der Waals surface area contributed by atoms with Crippen LogP contribution in [0.2, 0.25) is 0 Å². The molecule has 0 saturated carbocycles. The number of hydrogen-bond donors (Lipinski definition) is 2. The summed E-state index contributed by atoms with van der Waals surface area (Å²) in [6.45, 7) is 0. The molecule has 1 aromatic carbocycles. The Balaban J connectivity index is 1.75. The Kier molecular flexibility index (Phi) is 4.28. The predicted molar refractivity (Wildman–Crippen MR) is 79.5 cm³/mol. The van der Waals surface area contributed by atoms with Gasteiger partial charge < -0.3 is 14.5 Å². The molecule has 0 spiro atoms. The number of alkyl halides is 3. The second kappa shape index (κ2) is 6.40. The summed E-state index contributed by atoms with van der Waals surface area (Å²) in [4.78, 5) is 21.4. The highest BCUT2D eigenvalue weighted by Crippen LogP contribution is 2.26. The van der Waals surface area contributed by atoms with Crippen LogP contribution >= 0.6 is 0 Å². The van der Waals surface area contributed by atoms with Gasteiger partial charge in [0, 0.05) is 23.2 Å². The van der Waals surface area contributed by atoms with E-state index in [0.29, 0.717) is 5.75 Å². The van der Waals surface area contributed by atoms with E-state index >= 15 is 0 Å². The average molecular weight is 352 g/mol. The molecule has 0 aliphatic carbocycles. The molecular formula is C15H11F3N4O3. The van der Waals surface area contributed by atoms with Gasteiger partial charge in [0.15, 0.2) is 6.23 Å². The van der Waals surface area contributed by atoms with Crippen LogP contribution < -0.4 is 10.5 Å². The first kappa shape index (κ1) is 16.7. The lowest BCUT2D eigenvalue weighted by Gasteiger charge is -2.14. The minimum atomic E-state index is -5.14. The maximum atomic E-state index is 12.2. The van der Waals surface area contributed by atoms with E-state index in [1.54, 1.807) is 24.4 Å². The molecule has 0 fully saturated rings. The summed E-state index contributed by atoms with van der Waals surface area (Å²) < 4.78 is 46.3. The predicted octanol–water partition coefficient (Wildman–Crippen LogP) is 2.81. The van der Waals surface area contributed by atoms with Crippen molar-refractivity contribution >= 4 is 16.9 Å². The summed E-state index contributed by atoms with van der Waals surface area (Å²) in [6, 6.07) is 8.26. The molecule has 1 atom stereocenters. The van der Waals surface area contributed by atoms with Crippen molar-refractivity contribution in [2.24, 2.45) is 5.73 Å². The fraction of sp³-hybridized carbons (Fsp3) is 0.133. The van der Waals surface area contributed by atoms with Crippen LogP contribution in [0, 0.1) is 0 Å². The van der Waals surface area contributed by atoms with Crippen LogP contribution in [0.1, 0.15) is 11.9 Å². The first-order chi connectivity index (χ1) is 11.8. The van der Waals surface area contributed by atoms with Crippen molar-refractivity contribution in [1.29, 1.82) is 0 Å². The molecule has 3 N–H and O–H groups in total. The topological polar surface area (TPSA) is 103 Å². The van der Waals surface area contributed by atoms with Gasteiger partial charge in [-0.1, -0.05) is 0 Å². The van der Waals surface area contributed by atoms with Gasteiger partial charge in [0.1, 0.15) is 17.8 Å². The van der Waals surface area contributed by atoms with Gasteiger partial charge in [-0.3, -0.25) is 5.73 Å². The number of aromatic nitrogens is 3. The highest BCUT2D eigenvalue weighted by atomic mass is 19.4. The second-order valence-corrected chi connectivity index (χ2v) is 4.93. The molecule has 2 heterocycles. The number of benzene rings is 1. The zero-order valence-electron chi connectivity index (χ0n) is 12.4. The molecule has 0 aliphatic rings. The Bertz CT molecular complexity index is 910. The lowest BCUT2D eigenvalue weighted by molar-refractivity contribution is -0.205. The van der Waals surface area contributed by atoms with Crippen LogP contribution in [0.15, 0.2) is 42.9 Å². The van der Waals surface area contributed by atoms with Gasteiger partial charge in [0.2, 0.25) is 5.88 Å². The summed E-state index contributed by atoms with van der Waals surface area (Å²) in [5.74, 6) is -1.91. The minimum absolute atomic E-state index is 0.0402. The third-order valence-corrected chi connectivity index (χ3v) is 3.17. The standard InChI is InChI=1S/C15H11F3N4O3/c16-15(17,18)14(23)25-13(19)11-6-12(22-7-21-11)24-9-1-2-10-8(5-9)3-4-20-10/h1-7,13,20H,19H2. The minimum Gasteiger partial charge on any atom is -0.439 e. The zero-order valence-corrected chi connectivity index (χ0v) is 12.4. The van der Waals surface area contributed by atoms with E-state index in [9.17, 15) is 18.0 Å². The first-order valence-electron chi connectivity index (χ1n) is 6.93. The van der Waals surface area contributed by atoms with Crippen molar-refractivity contribution in [1.82, 2.24) is 15.0 Å². The number of rotatable bonds is 4. The molecule has 1 unspecified atom stereocenters. The molecule has 3 rings (SSSR count). The lowest BCUT2D eigenvalue weighted by Crippen LogP contribution is -2.30. The smallest absolute Gasteiger partial charge is 0.439 e.